The summed E-state index contributed by atoms with van der Waals surface area (Å²) in [6.45, 7) is 1.90. The summed E-state index contributed by atoms with van der Waals surface area (Å²) in [6.07, 6.45) is 1.16. The molecular formula is C13H14N4O2. The largest absolute Gasteiger partial charge is 0.371 e. The number of carbonyl (C=O) groups excluding carboxylic acids is 1. The Hall–Kier alpha value is -2.10. The quantitative estimate of drug-likeness (QED) is 0.749. The highest BCUT2D eigenvalue weighted by Gasteiger charge is 2.73. The molecule has 2 fully saturated rings. The monoisotopic (exact) mass is 258 g/mol. The first-order valence-corrected chi connectivity index (χ1v) is 6.22. The van der Waals surface area contributed by atoms with Crippen LogP contribution in [0.4, 0.5) is 0 Å². The van der Waals surface area contributed by atoms with Crippen LogP contribution in [-0.4, -0.2) is 16.7 Å². The Morgan fingerprint density at radius 1 is 1.37 bits per heavy atom. The first kappa shape index (κ1) is 13.3. The third-order valence-corrected chi connectivity index (χ3v) is 4.34. The van der Waals surface area contributed by atoms with Gasteiger partial charge >= 0.3 is 0 Å². The van der Waals surface area contributed by atoms with Crippen LogP contribution in [-0.2, 0) is 4.79 Å². The van der Waals surface area contributed by atoms with Crippen LogP contribution < -0.4 is 5.32 Å². The Morgan fingerprint density at radius 2 is 2.00 bits per heavy atom. The van der Waals surface area contributed by atoms with E-state index in [0.717, 1.165) is 0 Å². The molecule has 1 aliphatic carbocycles. The van der Waals surface area contributed by atoms with Gasteiger partial charge in [-0.3, -0.25) is 4.79 Å². The van der Waals surface area contributed by atoms with Gasteiger partial charge in [-0.15, -0.1) is 0 Å². The maximum Gasteiger partial charge on any atom is 0.245 e. The number of rotatable bonds is 2. The van der Waals surface area contributed by atoms with Crippen molar-refractivity contribution in [1.82, 2.24) is 5.32 Å². The fourth-order valence-corrected chi connectivity index (χ4v) is 3.48. The molecule has 2 bridgehead atoms. The Balaban J connectivity index is 2.66. The summed E-state index contributed by atoms with van der Waals surface area (Å²) in [4.78, 5) is 12.1. The van der Waals surface area contributed by atoms with Gasteiger partial charge in [0.05, 0.1) is 18.2 Å². The Kier molecular flexibility index (Phi) is 2.77. The van der Waals surface area contributed by atoms with Gasteiger partial charge in [0.1, 0.15) is 5.72 Å². The maximum absolute atomic E-state index is 12.1. The number of nitrogens with one attached hydrogen (secondary N) is 1. The van der Waals surface area contributed by atoms with Crippen molar-refractivity contribution >= 4 is 5.91 Å². The summed E-state index contributed by atoms with van der Waals surface area (Å²) in [7, 11) is 0. The van der Waals surface area contributed by atoms with Crippen molar-refractivity contribution in [3.8, 4) is 18.2 Å². The molecule has 0 aromatic carbocycles. The molecule has 1 saturated heterocycles. The Labute approximate surface area is 111 Å². The molecule has 2 rings (SSSR count). The fourth-order valence-electron chi connectivity index (χ4n) is 3.48. The molecule has 1 saturated carbocycles. The Bertz CT molecular complexity index is 538. The summed E-state index contributed by atoms with van der Waals surface area (Å²) >= 11 is 0. The van der Waals surface area contributed by atoms with Crippen molar-refractivity contribution in [3.05, 3.63) is 0 Å². The summed E-state index contributed by atoms with van der Waals surface area (Å²) < 4.78 is 0. The molecule has 2 N–H and O–H groups in total. The van der Waals surface area contributed by atoms with E-state index in [4.69, 9.17) is 0 Å². The van der Waals surface area contributed by atoms with E-state index < -0.39 is 28.4 Å². The Morgan fingerprint density at radius 3 is 2.47 bits per heavy atom. The minimum absolute atomic E-state index is 0.136. The minimum Gasteiger partial charge on any atom is -0.371 e. The third kappa shape index (κ3) is 1.40. The van der Waals surface area contributed by atoms with Gasteiger partial charge in [-0.05, 0) is 12.3 Å². The van der Waals surface area contributed by atoms with Crippen LogP contribution in [0.25, 0.3) is 0 Å². The van der Waals surface area contributed by atoms with Crippen LogP contribution >= 0.6 is 0 Å². The van der Waals surface area contributed by atoms with Crippen LogP contribution in [0.3, 0.4) is 0 Å². The maximum atomic E-state index is 12.1. The van der Waals surface area contributed by atoms with Crippen LogP contribution in [0.1, 0.15) is 32.6 Å². The van der Waals surface area contributed by atoms with Crippen LogP contribution in [0.5, 0.6) is 0 Å². The predicted molar refractivity (Wildman–Crippen MR) is 62.4 cm³/mol. The van der Waals surface area contributed by atoms with Gasteiger partial charge in [0, 0.05) is 12.8 Å². The molecule has 1 aliphatic heterocycles. The molecule has 0 radical (unpaired) electrons. The van der Waals surface area contributed by atoms with Crippen molar-refractivity contribution < 1.29 is 9.90 Å². The second-order valence-corrected chi connectivity index (χ2v) is 5.40. The molecule has 1 heterocycles. The molecule has 6 nitrogen and oxygen atoms in total. The van der Waals surface area contributed by atoms with Gasteiger partial charge in [0.15, 0.2) is 10.8 Å². The lowest BCUT2D eigenvalue weighted by Crippen LogP contribution is -2.53. The summed E-state index contributed by atoms with van der Waals surface area (Å²) in [6, 6.07) is 5.67. The topological polar surface area (TPSA) is 121 Å². The lowest BCUT2D eigenvalue weighted by Gasteiger charge is -2.43. The minimum atomic E-state index is -1.77. The average Bonchev–Trinajstić information content (AvgIpc) is 2.60. The number of fused-ring (bicyclic) bond motifs is 2. The number of nitriles is 3. The SMILES string of the molecule is CCC[C@H]1C[C@@]2(O)C[C@](C#N)(C(=O)N2)C1(C#N)C#N. The van der Waals surface area contributed by atoms with Crippen LogP contribution in [0.2, 0.25) is 0 Å². The first-order valence-electron chi connectivity index (χ1n) is 6.22. The zero-order valence-electron chi connectivity index (χ0n) is 10.6. The molecule has 98 valence electrons. The lowest BCUT2D eigenvalue weighted by molar-refractivity contribution is -0.128. The van der Waals surface area contributed by atoms with E-state index in [1.807, 2.05) is 25.1 Å². The highest BCUT2D eigenvalue weighted by Crippen LogP contribution is 2.60. The van der Waals surface area contributed by atoms with Gasteiger partial charge in [0.2, 0.25) is 5.91 Å². The van der Waals surface area contributed by atoms with E-state index in [-0.39, 0.29) is 12.8 Å². The van der Waals surface area contributed by atoms with Gasteiger partial charge in [-0.25, -0.2) is 0 Å². The second-order valence-electron chi connectivity index (χ2n) is 5.40. The van der Waals surface area contributed by atoms with Crippen LogP contribution in [0.15, 0.2) is 0 Å². The van der Waals surface area contributed by atoms with E-state index in [1.54, 1.807) is 0 Å². The molecule has 19 heavy (non-hydrogen) atoms. The van der Waals surface area contributed by atoms with Gasteiger partial charge in [0.25, 0.3) is 0 Å². The number of amides is 1. The number of hydrogen-bond donors (Lipinski definition) is 2. The normalized spacial score (nSPS) is 38.7. The molecule has 0 aromatic heterocycles. The third-order valence-electron chi connectivity index (χ3n) is 4.34. The highest BCUT2D eigenvalue weighted by molar-refractivity contribution is 5.91. The molecule has 6 heteroatoms. The van der Waals surface area contributed by atoms with E-state index in [0.29, 0.717) is 12.8 Å². The second kappa shape index (κ2) is 3.95. The first-order chi connectivity index (χ1) is 8.93. The summed E-state index contributed by atoms with van der Waals surface area (Å²) in [5, 5.41) is 41.1. The van der Waals surface area contributed by atoms with Crippen molar-refractivity contribution in [3.63, 3.8) is 0 Å². The van der Waals surface area contributed by atoms with Crippen molar-refractivity contribution in [2.24, 2.45) is 16.7 Å². The van der Waals surface area contributed by atoms with E-state index in [9.17, 15) is 25.7 Å². The van der Waals surface area contributed by atoms with Gasteiger partial charge in [-0.2, -0.15) is 15.8 Å². The number of nitrogens with zero attached hydrogens (tertiary/aromatic N) is 3. The van der Waals surface area contributed by atoms with E-state index in [1.165, 1.54) is 0 Å². The molecule has 3 atom stereocenters. The van der Waals surface area contributed by atoms with E-state index in [2.05, 4.69) is 5.32 Å². The highest BCUT2D eigenvalue weighted by atomic mass is 16.3. The van der Waals surface area contributed by atoms with Gasteiger partial charge < -0.3 is 10.4 Å². The number of hydrogen-bond acceptors (Lipinski definition) is 5. The summed E-state index contributed by atoms with van der Waals surface area (Å²) in [5.74, 6) is -1.20. The zero-order valence-corrected chi connectivity index (χ0v) is 10.6. The fraction of sp³-hybridized carbons (Fsp3) is 0.692. The molecule has 0 spiro atoms. The molecule has 1 amide bonds. The number of carbonyl (C=O) groups is 1. The average molecular weight is 258 g/mol. The van der Waals surface area contributed by atoms with E-state index >= 15 is 0 Å². The standard InChI is InChI=1S/C13H14N4O2/c1-2-3-9-4-13(19)5-11(6-14,10(18)17-13)12(9,7-15)8-16/h9,19H,2-5H2,1H3,(H,17,18)/t9-,11-,13+/m0/s1. The van der Waals surface area contributed by atoms with Crippen molar-refractivity contribution in [2.45, 2.75) is 38.3 Å². The summed E-state index contributed by atoms with van der Waals surface area (Å²) in [5.41, 5.74) is -4.93. The lowest BCUT2D eigenvalue weighted by atomic mass is 9.52. The zero-order chi connectivity index (χ0) is 14.3. The van der Waals surface area contributed by atoms with Gasteiger partial charge in [-0.1, -0.05) is 13.3 Å². The number of aliphatic hydroxyl groups is 1. The van der Waals surface area contributed by atoms with Crippen LogP contribution in [0, 0.1) is 50.7 Å². The molecule has 0 aromatic rings. The smallest absolute Gasteiger partial charge is 0.245 e. The molecule has 0 unspecified atom stereocenters. The predicted octanol–water partition coefficient (Wildman–Crippen LogP) is 0.558. The van der Waals surface area contributed by atoms with Crippen molar-refractivity contribution in [2.75, 3.05) is 0 Å². The molecular weight excluding hydrogens is 244 g/mol. The molecule has 2 aliphatic rings. The van der Waals surface area contributed by atoms with Crippen molar-refractivity contribution in [1.29, 1.82) is 15.8 Å².